The van der Waals surface area contributed by atoms with Gasteiger partial charge in [0, 0.05) is 20.1 Å². The van der Waals surface area contributed by atoms with Crippen LogP contribution in [0.15, 0.2) is 82.2 Å². The number of aromatic nitrogens is 1. The van der Waals surface area contributed by atoms with E-state index < -0.39 is 0 Å². The molecule has 0 aliphatic carbocycles. The summed E-state index contributed by atoms with van der Waals surface area (Å²) in [6.07, 6.45) is 1.85. The maximum absolute atomic E-state index is 11.8. The Morgan fingerprint density at radius 3 is 2.79 bits per heavy atom. The normalized spacial score (nSPS) is 13.6. The number of benzene rings is 3. The lowest BCUT2D eigenvalue weighted by Gasteiger charge is -2.18. The van der Waals surface area contributed by atoms with Gasteiger partial charge in [-0.05, 0) is 65.4 Å². The van der Waals surface area contributed by atoms with Crippen LogP contribution in [0.5, 0.6) is 5.75 Å². The fourth-order valence-corrected chi connectivity index (χ4v) is 4.80. The van der Waals surface area contributed by atoms with Gasteiger partial charge in [0.05, 0.1) is 23.3 Å². The first-order chi connectivity index (χ1) is 16.1. The second-order valence-electron chi connectivity index (χ2n) is 7.43. The first-order valence-corrected chi connectivity index (χ1v) is 12.2. The van der Waals surface area contributed by atoms with Crippen LogP contribution >= 0.6 is 33.9 Å². The van der Waals surface area contributed by atoms with Crippen molar-refractivity contribution in [1.29, 1.82) is 0 Å². The molecule has 5 rings (SSSR count). The number of ether oxygens (including phenoxy) is 1. The number of fused-ring (bicyclic) bond motifs is 1. The molecule has 0 spiro atoms. The standard InChI is InChI=1S/C25H19IN4O2S/c1-16-6-2-5-9-20(16)29-25-30(27-13-18-7-3-4-8-19(18)26)22(15-33-25)17-10-11-23-21(12-17)28-24(31)14-32-23/h2-13,15H,14H2,1H3,(H,28,31). The summed E-state index contributed by atoms with van der Waals surface area (Å²) in [7, 11) is 0. The number of hydrogen-bond donors (Lipinski definition) is 1. The van der Waals surface area contributed by atoms with Gasteiger partial charge in [-0.3, -0.25) is 4.79 Å². The summed E-state index contributed by atoms with van der Waals surface area (Å²) in [6.45, 7) is 2.07. The van der Waals surface area contributed by atoms with Crippen molar-refractivity contribution in [3.8, 4) is 17.0 Å². The number of carbonyl (C=O) groups is 1. The molecule has 3 aromatic carbocycles. The highest BCUT2D eigenvalue weighted by atomic mass is 127. The lowest BCUT2D eigenvalue weighted by atomic mass is 10.1. The van der Waals surface area contributed by atoms with Gasteiger partial charge in [0.15, 0.2) is 6.61 Å². The fourth-order valence-electron chi connectivity index (χ4n) is 3.42. The highest BCUT2D eigenvalue weighted by molar-refractivity contribution is 14.1. The molecule has 0 radical (unpaired) electrons. The third-order valence-electron chi connectivity index (χ3n) is 5.14. The third kappa shape index (κ3) is 4.62. The predicted octanol–water partition coefficient (Wildman–Crippen LogP) is 5.58. The minimum atomic E-state index is -0.162. The number of nitrogens with one attached hydrogen (secondary N) is 1. The van der Waals surface area contributed by atoms with Crippen molar-refractivity contribution in [2.24, 2.45) is 10.1 Å². The summed E-state index contributed by atoms with van der Waals surface area (Å²) in [6, 6.07) is 21.8. The number of anilines is 1. The average Bonchev–Trinajstić information content (AvgIpc) is 3.22. The van der Waals surface area contributed by atoms with Crippen molar-refractivity contribution in [2.45, 2.75) is 6.92 Å². The largest absolute Gasteiger partial charge is 0.482 e. The molecule has 0 saturated heterocycles. The van der Waals surface area contributed by atoms with Crippen LogP contribution in [0.4, 0.5) is 11.4 Å². The molecule has 1 aliphatic rings. The highest BCUT2D eigenvalue weighted by Gasteiger charge is 2.18. The summed E-state index contributed by atoms with van der Waals surface area (Å²) >= 11 is 3.82. The van der Waals surface area contributed by atoms with Crippen molar-refractivity contribution in [2.75, 3.05) is 11.9 Å². The molecule has 6 nitrogen and oxygen atoms in total. The van der Waals surface area contributed by atoms with Crippen LogP contribution in [0.25, 0.3) is 11.3 Å². The molecule has 1 aromatic heterocycles. The summed E-state index contributed by atoms with van der Waals surface area (Å²) < 4.78 is 8.46. The van der Waals surface area contributed by atoms with Gasteiger partial charge in [-0.15, -0.1) is 11.3 Å². The lowest BCUT2D eigenvalue weighted by molar-refractivity contribution is -0.118. The highest BCUT2D eigenvalue weighted by Crippen LogP contribution is 2.33. The van der Waals surface area contributed by atoms with Crippen molar-refractivity contribution in [3.63, 3.8) is 0 Å². The first-order valence-electron chi connectivity index (χ1n) is 10.3. The van der Waals surface area contributed by atoms with E-state index in [4.69, 9.17) is 14.8 Å². The molecule has 1 aliphatic heterocycles. The zero-order valence-electron chi connectivity index (χ0n) is 17.7. The van der Waals surface area contributed by atoms with Gasteiger partial charge in [-0.1, -0.05) is 36.4 Å². The number of carbonyl (C=O) groups excluding carboxylic acids is 1. The number of para-hydroxylation sites is 1. The van der Waals surface area contributed by atoms with E-state index in [0.717, 1.165) is 36.4 Å². The Kier molecular flexibility index (Phi) is 6.10. The molecule has 0 fully saturated rings. The maximum atomic E-state index is 11.8. The third-order valence-corrected chi connectivity index (χ3v) is 6.94. The Balaban J connectivity index is 1.65. The second-order valence-corrected chi connectivity index (χ2v) is 9.43. The quantitative estimate of drug-likeness (QED) is 0.259. The van der Waals surface area contributed by atoms with E-state index in [0.29, 0.717) is 11.4 Å². The number of hydrogen-bond acceptors (Lipinski definition) is 5. The molecule has 2 heterocycles. The summed E-state index contributed by atoms with van der Waals surface area (Å²) in [5.41, 5.74) is 5.44. The zero-order valence-corrected chi connectivity index (χ0v) is 20.6. The Morgan fingerprint density at radius 2 is 1.94 bits per heavy atom. The smallest absolute Gasteiger partial charge is 0.262 e. The van der Waals surface area contributed by atoms with Gasteiger partial charge in [0.25, 0.3) is 5.91 Å². The first kappa shape index (κ1) is 21.6. The number of rotatable bonds is 4. The second kappa shape index (κ2) is 9.32. The number of aryl methyl sites for hydroxylation is 1. The van der Waals surface area contributed by atoms with Crippen molar-refractivity contribution in [3.05, 3.63) is 91.6 Å². The van der Waals surface area contributed by atoms with Crippen LogP contribution in [-0.4, -0.2) is 23.4 Å². The zero-order chi connectivity index (χ0) is 22.8. The van der Waals surface area contributed by atoms with Crippen LogP contribution in [0.2, 0.25) is 0 Å². The maximum Gasteiger partial charge on any atom is 0.262 e. The van der Waals surface area contributed by atoms with Crippen LogP contribution in [0.1, 0.15) is 11.1 Å². The molecule has 8 heteroatoms. The fraction of sp³-hybridized carbons (Fsp3) is 0.0800. The van der Waals surface area contributed by atoms with E-state index in [-0.39, 0.29) is 12.5 Å². The number of thiazole rings is 1. The van der Waals surface area contributed by atoms with Gasteiger partial charge in [-0.25, -0.2) is 9.67 Å². The van der Waals surface area contributed by atoms with Crippen LogP contribution in [0.3, 0.4) is 0 Å². The van der Waals surface area contributed by atoms with Crippen LogP contribution in [0, 0.1) is 10.5 Å². The topological polar surface area (TPSA) is 68.0 Å². The molecule has 1 N–H and O–H groups in total. The monoisotopic (exact) mass is 566 g/mol. The van der Waals surface area contributed by atoms with Gasteiger partial charge in [0.1, 0.15) is 5.75 Å². The Bertz CT molecular complexity index is 1450. The molecule has 1 amide bonds. The molecule has 33 heavy (non-hydrogen) atoms. The number of nitrogens with zero attached hydrogens (tertiary/aromatic N) is 3. The van der Waals surface area contributed by atoms with E-state index >= 15 is 0 Å². The lowest BCUT2D eigenvalue weighted by Crippen LogP contribution is -2.25. The van der Waals surface area contributed by atoms with Gasteiger partial charge >= 0.3 is 0 Å². The van der Waals surface area contributed by atoms with E-state index in [1.54, 1.807) is 0 Å². The average molecular weight is 566 g/mol. The summed E-state index contributed by atoms with van der Waals surface area (Å²) in [5.74, 6) is 0.497. The number of amides is 1. The molecule has 4 aromatic rings. The van der Waals surface area contributed by atoms with Crippen molar-refractivity contribution >= 4 is 57.4 Å². The molecule has 0 saturated carbocycles. The minimum absolute atomic E-state index is 0.0320. The Morgan fingerprint density at radius 1 is 1.12 bits per heavy atom. The van der Waals surface area contributed by atoms with Crippen LogP contribution in [-0.2, 0) is 4.79 Å². The van der Waals surface area contributed by atoms with Crippen molar-refractivity contribution < 1.29 is 9.53 Å². The van der Waals surface area contributed by atoms with E-state index in [9.17, 15) is 4.79 Å². The van der Waals surface area contributed by atoms with E-state index in [1.807, 2.05) is 89.9 Å². The Labute approximate surface area is 208 Å². The number of halogens is 1. The van der Waals surface area contributed by atoms with Crippen molar-refractivity contribution in [1.82, 2.24) is 4.68 Å². The molecule has 0 unspecified atom stereocenters. The van der Waals surface area contributed by atoms with Crippen LogP contribution < -0.4 is 14.9 Å². The van der Waals surface area contributed by atoms with Gasteiger partial charge < -0.3 is 10.1 Å². The van der Waals surface area contributed by atoms with E-state index in [2.05, 4.69) is 27.9 Å². The predicted molar refractivity (Wildman–Crippen MR) is 140 cm³/mol. The molecule has 164 valence electrons. The molecular weight excluding hydrogens is 547 g/mol. The molecular formula is C25H19IN4O2S. The van der Waals surface area contributed by atoms with Gasteiger partial charge in [-0.2, -0.15) is 5.10 Å². The Hall–Kier alpha value is -3.24. The summed E-state index contributed by atoms with van der Waals surface area (Å²) in [4.78, 5) is 17.4. The SMILES string of the molecule is Cc1ccccc1N=c1scc(-c2ccc3c(c2)NC(=O)CO3)n1N=Cc1ccccc1I. The molecule has 0 bridgehead atoms. The minimum Gasteiger partial charge on any atom is -0.482 e. The molecule has 0 atom stereocenters. The van der Waals surface area contributed by atoms with E-state index in [1.165, 1.54) is 11.3 Å². The summed E-state index contributed by atoms with van der Waals surface area (Å²) in [5, 5.41) is 9.71. The van der Waals surface area contributed by atoms with Gasteiger partial charge in [0.2, 0.25) is 4.80 Å².